The molecule has 1 saturated heterocycles. The summed E-state index contributed by atoms with van der Waals surface area (Å²) in [6.07, 6.45) is 11.0. The normalized spacial score (nSPS) is 36.8. The van der Waals surface area contributed by atoms with Gasteiger partial charge in [-0.1, -0.05) is 12.2 Å². The quantitative estimate of drug-likeness (QED) is 0.673. The third-order valence-electron chi connectivity index (χ3n) is 3.99. The molecular weight excluding hydrogens is 174 g/mol. The van der Waals surface area contributed by atoms with Gasteiger partial charge in [0.15, 0.2) is 0 Å². The van der Waals surface area contributed by atoms with Gasteiger partial charge in [-0.3, -0.25) is 4.90 Å². The van der Waals surface area contributed by atoms with Crippen LogP contribution in [0.25, 0.3) is 0 Å². The summed E-state index contributed by atoms with van der Waals surface area (Å²) in [4.78, 5) is 2.44. The Labute approximate surface area is 85.6 Å². The summed E-state index contributed by atoms with van der Waals surface area (Å²) >= 11 is 0. The lowest BCUT2D eigenvalue weighted by atomic mass is 9.85. The average Bonchev–Trinajstić information content (AvgIpc) is 2.98. The topological polar surface area (TPSA) is 23.5 Å². The van der Waals surface area contributed by atoms with E-state index in [2.05, 4.69) is 17.1 Å². The Bertz CT molecular complexity index is 251. The number of nitrogens with zero attached hydrogens (tertiary/aromatic N) is 1. The van der Waals surface area contributed by atoms with Crippen molar-refractivity contribution in [2.75, 3.05) is 13.1 Å². The minimum absolute atomic E-state index is 0.300. The van der Waals surface area contributed by atoms with Crippen molar-refractivity contribution >= 4 is 0 Å². The molecule has 1 unspecified atom stereocenters. The van der Waals surface area contributed by atoms with Gasteiger partial charge >= 0.3 is 0 Å². The molecule has 0 aromatic rings. The van der Waals surface area contributed by atoms with Crippen molar-refractivity contribution in [2.45, 2.75) is 43.7 Å². The Morgan fingerprint density at radius 2 is 2.00 bits per heavy atom. The number of aliphatic hydroxyl groups is 1. The zero-order chi connectivity index (χ0) is 9.60. The van der Waals surface area contributed by atoms with Gasteiger partial charge in [-0.05, 0) is 38.0 Å². The van der Waals surface area contributed by atoms with Crippen LogP contribution in [-0.2, 0) is 0 Å². The number of rotatable bonds is 2. The molecule has 0 radical (unpaired) electrons. The molecule has 0 spiro atoms. The smallest absolute Gasteiger partial charge is 0.0928 e. The van der Waals surface area contributed by atoms with Crippen LogP contribution in [0.1, 0.15) is 32.1 Å². The second kappa shape index (κ2) is 3.07. The predicted molar refractivity (Wildman–Crippen MR) is 56.0 cm³/mol. The molecule has 0 amide bonds. The van der Waals surface area contributed by atoms with Crippen LogP contribution >= 0.6 is 0 Å². The maximum absolute atomic E-state index is 10.2. The van der Waals surface area contributed by atoms with Crippen LogP contribution in [0.5, 0.6) is 0 Å². The third-order valence-corrected chi connectivity index (χ3v) is 3.99. The van der Waals surface area contributed by atoms with Crippen molar-refractivity contribution in [1.29, 1.82) is 0 Å². The maximum atomic E-state index is 10.2. The van der Waals surface area contributed by atoms with E-state index in [4.69, 9.17) is 0 Å². The van der Waals surface area contributed by atoms with E-state index in [0.29, 0.717) is 12.0 Å². The van der Waals surface area contributed by atoms with Gasteiger partial charge in [-0.2, -0.15) is 0 Å². The van der Waals surface area contributed by atoms with E-state index < -0.39 is 0 Å². The van der Waals surface area contributed by atoms with Gasteiger partial charge in [0.1, 0.15) is 0 Å². The first-order chi connectivity index (χ1) is 6.78. The lowest BCUT2D eigenvalue weighted by molar-refractivity contribution is -0.124. The van der Waals surface area contributed by atoms with E-state index in [1.807, 2.05) is 0 Å². The van der Waals surface area contributed by atoms with Gasteiger partial charge < -0.3 is 5.11 Å². The molecule has 3 rings (SSSR count). The number of β-amino-alcohol motifs (C(OH)–C–C–N with tert-alkyl or cyclic N) is 1. The fraction of sp³-hybridized carbons (Fsp3) is 0.833. The van der Waals surface area contributed by atoms with Crippen molar-refractivity contribution in [3.63, 3.8) is 0 Å². The Balaban J connectivity index is 1.57. The van der Waals surface area contributed by atoms with Crippen LogP contribution in [0.3, 0.4) is 0 Å². The van der Waals surface area contributed by atoms with Crippen molar-refractivity contribution in [3.05, 3.63) is 12.2 Å². The average molecular weight is 193 g/mol. The fourth-order valence-corrected chi connectivity index (χ4v) is 2.87. The zero-order valence-electron chi connectivity index (χ0n) is 8.65. The molecule has 1 aliphatic heterocycles. The molecule has 2 fully saturated rings. The molecule has 78 valence electrons. The first-order valence-corrected chi connectivity index (χ1v) is 5.91. The first-order valence-electron chi connectivity index (χ1n) is 5.91. The van der Waals surface area contributed by atoms with Crippen LogP contribution in [0.4, 0.5) is 0 Å². The number of hydrogen-bond acceptors (Lipinski definition) is 2. The predicted octanol–water partition coefficient (Wildman–Crippen LogP) is 1.55. The largest absolute Gasteiger partial charge is 0.387 e. The highest BCUT2D eigenvalue weighted by Gasteiger charge is 2.52. The Morgan fingerprint density at radius 1 is 1.21 bits per heavy atom. The molecule has 0 aromatic heterocycles. The van der Waals surface area contributed by atoms with Gasteiger partial charge in [-0.15, -0.1) is 0 Å². The molecular formula is C12H19NO. The SMILES string of the molecule is OC1(C2CC2)CN(C2C=CCCC2)C1. The minimum atomic E-state index is -0.300. The van der Waals surface area contributed by atoms with E-state index in [1.165, 1.54) is 32.1 Å². The van der Waals surface area contributed by atoms with Gasteiger partial charge in [-0.25, -0.2) is 0 Å². The van der Waals surface area contributed by atoms with E-state index in [9.17, 15) is 5.11 Å². The highest BCUT2D eigenvalue weighted by atomic mass is 16.3. The second-order valence-corrected chi connectivity index (χ2v) is 5.21. The number of allylic oxidation sites excluding steroid dienone is 1. The number of likely N-dealkylation sites (tertiary alicyclic amines) is 1. The molecule has 14 heavy (non-hydrogen) atoms. The summed E-state index contributed by atoms with van der Waals surface area (Å²) in [5.74, 6) is 0.631. The van der Waals surface area contributed by atoms with E-state index in [1.54, 1.807) is 0 Å². The van der Waals surface area contributed by atoms with Crippen molar-refractivity contribution in [3.8, 4) is 0 Å². The zero-order valence-corrected chi connectivity index (χ0v) is 8.65. The molecule has 2 nitrogen and oxygen atoms in total. The van der Waals surface area contributed by atoms with Crippen molar-refractivity contribution in [1.82, 2.24) is 4.90 Å². The molecule has 1 heterocycles. The molecule has 2 aliphatic carbocycles. The lowest BCUT2D eigenvalue weighted by Crippen LogP contribution is -2.65. The van der Waals surface area contributed by atoms with Gasteiger partial charge in [0.25, 0.3) is 0 Å². The molecule has 1 atom stereocenters. The van der Waals surface area contributed by atoms with Gasteiger partial charge in [0.2, 0.25) is 0 Å². The molecule has 1 saturated carbocycles. The van der Waals surface area contributed by atoms with Crippen molar-refractivity contribution < 1.29 is 5.11 Å². The molecule has 3 aliphatic rings. The fourth-order valence-electron chi connectivity index (χ4n) is 2.87. The van der Waals surface area contributed by atoms with E-state index >= 15 is 0 Å². The standard InChI is InChI=1S/C12H19NO/c14-12(10-6-7-10)8-13(9-12)11-4-2-1-3-5-11/h2,4,10-11,14H,1,3,5-9H2. The van der Waals surface area contributed by atoms with Crippen LogP contribution < -0.4 is 0 Å². The number of hydrogen-bond donors (Lipinski definition) is 1. The van der Waals surface area contributed by atoms with E-state index in [-0.39, 0.29) is 5.60 Å². The van der Waals surface area contributed by atoms with Crippen LogP contribution in [0, 0.1) is 5.92 Å². The highest BCUT2D eigenvalue weighted by Crippen LogP contribution is 2.45. The van der Waals surface area contributed by atoms with Gasteiger partial charge in [0.05, 0.1) is 5.60 Å². The summed E-state index contributed by atoms with van der Waals surface area (Å²) < 4.78 is 0. The summed E-state index contributed by atoms with van der Waals surface area (Å²) in [6, 6.07) is 0.628. The first kappa shape index (κ1) is 8.93. The van der Waals surface area contributed by atoms with Crippen LogP contribution in [-0.4, -0.2) is 34.7 Å². The maximum Gasteiger partial charge on any atom is 0.0928 e. The Morgan fingerprint density at radius 3 is 2.57 bits per heavy atom. The molecule has 0 aromatic carbocycles. The Hall–Kier alpha value is -0.340. The second-order valence-electron chi connectivity index (χ2n) is 5.21. The molecule has 1 N–H and O–H groups in total. The minimum Gasteiger partial charge on any atom is -0.387 e. The summed E-state index contributed by atoms with van der Waals surface area (Å²) in [6.45, 7) is 1.85. The lowest BCUT2D eigenvalue weighted by Gasteiger charge is -2.50. The van der Waals surface area contributed by atoms with Crippen molar-refractivity contribution in [2.24, 2.45) is 5.92 Å². The summed E-state index contributed by atoms with van der Waals surface area (Å²) in [5.41, 5.74) is -0.300. The van der Waals surface area contributed by atoms with Crippen LogP contribution in [0.2, 0.25) is 0 Å². The van der Waals surface area contributed by atoms with Gasteiger partial charge in [0, 0.05) is 19.1 Å². The summed E-state index contributed by atoms with van der Waals surface area (Å²) in [7, 11) is 0. The Kier molecular flexibility index (Phi) is 1.96. The molecule has 2 heteroatoms. The van der Waals surface area contributed by atoms with E-state index in [0.717, 1.165) is 13.1 Å². The molecule has 0 bridgehead atoms. The monoisotopic (exact) mass is 193 g/mol. The third kappa shape index (κ3) is 1.41. The van der Waals surface area contributed by atoms with Crippen LogP contribution in [0.15, 0.2) is 12.2 Å². The summed E-state index contributed by atoms with van der Waals surface area (Å²) in [5, 5.41) is 10.2. The highest BCUT2D eigenvalue weighted by molar-refractivity contribution is 5.10.